The maximum Gasteiger partial charge on any atom is 0.197 e. The van der Waals surface area contributed by atoms with Gasteiger partial charge in [-0.15, -0.1) is 0 Å². The van der Waals surface area contributed by atoms with Crippen molar-refractivity contribution in [1.29, 1.82) is 0 Å². The summed E-state index contributed by atoms with van der Waals surface area (Å²) in [6.45, 7) is 7.21. The fourth-order valence-corrected chi connectivity index (χ4v) is 1.82. The van der Waals surface area contributed by atoms with Gasteiger partial charge in [0, 0.05) is 30.2 Å². The Labute approximate surface area is 107 Å². The third kappa shape index (κ3) is 2.50. The molecule has 0 fully saturated rings. The number of aromatic nitrogens is 4. The van der Waals surface area contributed by atoms with Gasteiger partial charge in [0.2, 0.25) is 0 Å². The summed E-state index contributed by atoms with van der Waals surface area (Å²) in [7, 11) is 0. The normalized spacial score (nSPS) is 10.6. The van der Waals surface area contributed by atoms with E-state index in [1.807, 2.05) is 0 Å². The van der Waals surface area contributed by atoms with Crippen LogP contribution in [0.5, 0.6) is 0 Å². The zero-order valence-electron chi connectivity index (χ0n) is 11.1. The molecule has 0 spiro atoms. The van der Waals surface area contributed by atoms with Crippen LogP contribution in [0.1, 0.15) is 31.5 Å². The SMILES string of the molecule is CCCNc1nc(-c2ncc[nH]2)nc(CC)c1C. The minimum Gasteiger partial charge on any atom is -0.370 e. The molecule has 2 N–H and O–H groups in total. The quantitative estimate of drug-likeness (QED) is 0.849. The Kier molecular flexibility index (Phi) is 3.92. The summed E-state index contributed by atoms with van der Waals surface area (Å²) < 4.78 is 0. The van der Waals surface area contributed by atoms with Gasteiger partial charge in [-0.05, 0) is 19.8 Å². The van der Waals surface area contributed by atoms with Crippen LogP contribution < -0.4 is 5.32 Å². The molecule has 0 saturated carbocycles. The largest absolute Gasteiger partial charge is 0.370 e. The highest BCUT2D eigenvalue weighted by Gasteiger charge is 2.11. The lowest BCUT2D eigenvalue weighted by molar-refractivity contribution is 0.931. The molecule has 0 aromatic carbocycles. The molecule has 0 aliphatic rings. The van der Waals surface area contributed by atoms with Gasteiger partial charge in [-0.2, -0.15) is 0 Å². The molecule has 5 nitrogen and oxygen atoms in total. The molecule has 0 aliphatic heterocycles. The molecule has 18 heavy (non-hydrogen) atoms. The minimum absolute atomic E-state index is 0.654. The third-order valence-electron chi connectivity index (χ3n) is 2.83. The van der Waals surface area contributed by atoms with Crippen LogP contribution in [0.2, 0.25) is 0 Å². The number of hydrogen-bond acceptors (Lipinski definition) is 4. The molecule has 0 aliphatic carbocycles. The fraction of sp³-hybridized carbons (Fsp3) is 0.462. The van der Waals surface area contributed by atoms with Crippen LogP contribution in [0.15, 0.2) is 12.4 Å². The molecule has 2 aromatic rings. The lowest BCUT2D eigenvalue weighted by atomic mass is 10.2. The van der Waals surface area contributed by atoms with E-state index in [1.54, 1.807) is 12.4 Å². The Morgan fingerprint density at radius 2 is 2.11 bits per heavy atom. The van der Waals surface area contributed by atoms with Gasteiger partial charge >= 0.3 is 0 Å². The number of H-pyrrole nitrogens is 1. The molecule has 2 aromatic heterocycles. The molecule has 5 heteroatoms. The Morgan fingerprint density at radius 3 is 2.72 bits per heavy atom. The number of nitrogens with one attached hydrogen (secondary N) is 2. The summed E-state index contributed by atoms with van der Waals surface area (Å²) in [6.07, 6.45) is 5.45. The van der Waals surface area contributed by atoms with E-state index in [0.29, 0.717) is 11.6 Å². The van der Waals surface area contributed by atoms with Crippen molar-refractivity contribution in [1.82, 2.24) is 19.9 Å². The highest BCUT2D eigenvalue weighted by molar-refractivity contribution is 5.53. The van der Waals surface area contributed by atoms with E-state index in [2.05, 4.69) is 46.0 Å². The van der Waals surface area contributed by atoms with Crippen molar-refractivity contribution in [3.05, 3.63) is 23.7 Å². The molecule has 0 radical (unpaired) electrons. The molecular formula is C13H19N5. The van der Waals surface area contributed by atoms with Crippen molar-refractivity contribution in [3.8, 4) is 11.6 Å². The molecule has 2 heterocycles. The summed E-state index contributed by atoms with van der Waals surface area (Å²) in [5.74, 6) is 2.28. The van der Waals surface area contributed by atoms with Crippen molar-refractivity contribution in [2.45, 2.75) is 33.6 Å². The van der Waals surface area contributed by atoms with Gasteiger partial charge < -0.3 is 10.3 Å². The molecule has 0 amide bonds. The van der Waals surface area contributed by atoms with Crippen LogP contribution in [-0.4, -0.2) is 26.5 Å². The first-order valence-electron chi connectivity index (χ1n) is 6.37. The van der Waals surface area contributed by atoms with E-state index in [0.717, 1.165) is 36.5 Å². The first-order chi connectivity index (χ1) is 8.76. The number of aromatic amines is 1. The average Bonchev–Trinajstić information content (AvgIpc) is 2.91. The van der Waals surface area contributed by atoms with E-state index in [1.165, 1.54) is 0 Å². The van der Waals surface area contributed by atoms with Crippen LogP contribution in [0.3, 0.4) is 0 Å². The summed E-state index contributed by atoms with van der Waals surface area (Å²) in [5, 5.41) is 3.35. The second kappa shape index (κ2) is 5.62. The van der Waals surface area contributed by atoms with Crippen molar-refractivity contribution in [2.24, 2.45) is 0 Å². The van der Waals surface area contributed by atoms with Crippen LogP contribution >= 0.6 is 0 Å². The number of rotatable bonds is 5. The number of hydrogen-bond donors (Lipinski definition) is 2. The lowest BCUT2D eigenvalue weighted by Crippen LogP contribution is -2.09. The van der Waals surface area contributed by atoms with Crippen molar-refractivity contribution >= 4 is 5.82 Å². The van der Waals surface area contributed by atoms with Crippen LogP contribution in [0.25, 0.3) is 11.6 Å². The third-order valence-corrected chi connectivity index (χ3v) is 2.83. The van der Waals surface area contributed by atoms with Gasteiger partial charge in [0.05, 0.1) is 0 Å². The topological polar surface area (TPSA) is 66.5 Å². The van der Waals surface area contributed by atoms with Crippen molar-refractivity contribution in [2.75, 3.05) is 11.9 Å². The zero-order chi connectivity index (χ0) is 13.0. The van der Waals surface area contributed by atoms with Gasteiger partial charge in [-0.25, -0.2) is 15.0 Å². The van der Waals surface area contributed by atoms with Crippen LogP contribution in [-0.2, 0) is 6.42 Å². The highest BCUT2D eigenvalue weighted by atomic mass is 15.1. The standard InChI is InChI=1S/C13H19N5/c1-4-6-14-11-9(3)10(5-2)17-13(18-11)12-15-7-8-16-12/h7-8H,4-6H2,1-3H3,(H,15,16)(H,14,17,18). The van der Waals surface area contributed by atoms with Crippen LogP contribution in [0, 0.1) is 6.92 Å². The van der Waals surface area contributed by atoms with E-state index >= 15 is 0 Å². The van der Waals surface area contributed by atoms with E-state index in [9.17, 15) is 0 Å². The molecular weight excluding hydrogens is 226 g/mol. The summed E-state index contributed by atoms with van der Waals surface area (Å²) in [4.78, 5) is 16.4. The second-order valence-corrected chi connectivity index (χ2v) is 4.19. The van der Waals surface area contributed by atoms with Crippen molar-refractivity contribution < 1.29 is 0 Å². The Bertz CT molecular complexity index is 504. The maximum absolute atomic E-state index is 4.56. The minimum atomic E-state index is 0.654. The molecule has 0 unspecified atom stereocenters. The fourth-order valence-electron chi connectivity index (χ4n) is 1.82. The van der Waals surface area contributed by atoms with Gasteiger partial charge in [0.15, 0.2) is 11.6 Å². The number of nitrogens with zero attached hydrogens (tertiary/aromatic N) is 3. The lowest BCUT2D eigenvalue weighted by Gasteiger charge is -2.12. The van der Waals surface area contributed by atoms with E-state index in [4.69, 9.17) is 0 Å². The second-order valence-electron chi connectivity index (χ2n) is 4.19. The maximum atomic E-state index is 4.56. The Balaban J connectivity index is 2.42. The number of anilines is 1. The van der Waals surface area contributed by atoms with Gasteiger partial charge in [0.1, 0.15) is 5.82 Å². The summed E-state index contributed by atoms with van der Waals surface area (Å²) in [6, 6.07) is 0. The van der Waals surface area contributed by atoms with E-state index < -0.39 is 0 Å². The monoisotopic (exact) mass is 245 g/mol. The summed E-state index contributed by atoms with van der Waals surface area (Å²) >= 11 is 0. The first-order valence-corrected chi connectivity index (χ1v) is 6.37. The smallest absolute Gasteiger partial charge is 0.197 e. The summed E-state index contributed by atoms with van der Waals surface area (Å²) in [5.41, 5.74) is 2.19. The van der Waals surface area contributed by atoms with E-state index in [-0.39, 0.29) is 0 Å². The number of aryl methyl sites for hydroxylation is 1. The Hall–Kier alpha value is -1.91. The molecule has 2 rings (SSSR count). The zero-order valence-corrected chi connectivity index (χ0v) is 11.1. The Morgan fingerprint density at radius 1 is 1.28 bits per heavy atom. The van der Waals surface area contributed by atoms with Crippen LogP contribution in [0.4, 0.5) is 5.82 Å². The molecule has 0 saturated heterocycles. The average molecular weight is 245 g/mol. The molecule has 0 atom stereocenters. The number of imidazole rings is 1. The molecule has 0 bridgehead atoms. The van der Waals surface area contributed by atoms with Gasteiger partial charge in [0.25, 0.3) is 0 Å². The van der Waals surface area contributed by atoms with Gasteiger partial charge in [-0.1, -0.05) is 13.8 Å². The van der Waals surface area contributed by atoms with Gasteiger partial charge in [-0.3, -0.25) is 0 Å². The highest BCUT2D eigenvalue weighted by Crippen LogP contribution is 2.20. The predicted octanol–water partition coefficient (Wildman–Crippen LogP) is 2.56. The van der Waals surface area contributed by atoms with Crippen molar-refractivity contribution in [3.63, 3.8) is 0 Å². The first kappa shape index (κ1) is 12.5. The predicted molar refractivity (Wildman–Crippen MR) is 72.5 cm³/mol. The molecule has 96 valence electrons.